The molecule has 0 saturated heterocycles. The number of hydrogen-bond acceptors (Lipinski definition) is 2. The zero-order valence-electron chi connectivity index (χ0n) is 8.03. The molecule has 1 rings (SSSR count). The van der Waals surface area contributed by atoms with Crippen LogP contribution in [0.1, 0.15) is 5.56 Å². The van der Waals surface area contributed by atoms with Crippen molar-refractivity contribution in [2.45, 2.75) is 6.42 Å². The van der Waals surface area contributed by atoms with E-state index in [2.05, 4.69) is 0 Å². The summed E-state index contributed by atoms with van der Waals surface area (Å²) < 4.78 is 17.5. The fourth-order valence-corrected chi connectivity index (χ4v) is 1.05. The van der Waals surface area contributed by atoms with Crippen LogP contribution in [0.2, 0.25) is 0 Å². The molecule has 0 saturated carbocycles. The topological polar surface area (TPSA) is 29.5 Å². The predicted molar refractivity (Wildman–Crippen MR) is 53.0 cm³/mol. The van der Waals surface area contributed by atoms with Crippen molar-refractivity contribution in [3.63, 3.8) is 0 Å². The van der Waals surface area contributed by atoms with Gasteiger partial charge in [-0.1, -0.05) is 12.1 Å². The van der Waals surface area contributed by atoms with E-state index in [-0.39, 0.29) is 0 Å². The molecule has 0 aliphatic heterocycles. The number of ether oxygens (including phenoxy) is 1. The highest BCUT2D eigenvalue weighted by Gasteiger charge is 1.94. The molecule has 76 valence electrons. The minimum Gasteiger partial charge on any atom is -0.497 e. The van der Waals surface area contributed by atoms with E-state index in [0.717, 1.165) is 11.3 Å². The monoisotopic (exact) mass is 196 g/mol. The van der Waals surface area contributed by atoms with E-state index in [9.17, 15) is 4.39 Å². The van der Waals surface area contributed by atoms with Gasteiger partial charge in [0, 0.05) is 0 Å². The minimum absolute atomic E-state index is 0.483. The van der Waals surface area contributed by atoms with Gasteiger partial charge in [-0.05, 0) is 30.2 Å². The van der Waals surface area contributed by atoms with Gasteiger partial charge >= 0.3 is 0 Å². The molecular formula is C11H13FO2. The van der Waals surface area contributed by atoms with Gasteiger partial charge in [-0.2, -0.15) is 0 Å². The summed E-state index contributed by atoms with van der Waals surface area (Å²) in [5, 5.41) is 8.43. The standard InChI is InChI=1S/C11H13FO2/c1-14-11-6-3-9(4-7-11)2-5-10(12)8-13/h3-7,13H,2,8H2,1H3. The van der Waals surface area contributed by atoms with Gasteiger partial charge in [0.05, 0.1) is 13.7 Å². The first-order valence-electron chi connectivity index (χ1n) is 4.34. The Labute approximate surface area is 82.6 Å². The highest BCUT2D eigenvalue weighted by molar-refractivity contribution is 5.28. The molecule has 1 aromatic rings. The highest BCUT2D eigenvalue weighted by atomic mass is 19.1. The number of allylic oxidation sites excluding steroid dienone is 1. The summed E-state index contributed by atoms with van der Waals surface area (Å²) in [6.45, 7) is -0.532. The van der Waals surface area contributed by atoms with Crippen LogP contribution in [-0.2, 0) is 6.42 Å². The molecule has 0 amide bonds. The number of aliphatic hydroxyl groups is 1. The van der Waals surface area contributed by atoms with Crippen molar-refractivity contribution in [3.05, 3.63) is 41.7 Å². The van der Waals surface area contributed by atoms with Crippen molar-refractivity contribution >= 4 is 0 Å². The van der Waals surface area contributed by atoms with Crippen molar-refractivity contribution in [1.82, 2.24) is 0 Å². The number of benzene rings is 1. The number of rotatable bonds is 4. The van der Waals surface area contributed by atoms with Crippen LogP contribution in [0.15, 0.2) is 36.2 Å². The largest absolute Gasteiger partial charge is 0.497 e. The van der Waals surface area contributed by atoms with Crippen LogP contribution in [0.5, 0.6) is 5.75 Å². The Kier molecular flexibility index (Phi) is 4.13. The molecule has 3 heteroatoms. The van der Waals surface area contributed by atoms with Gasteiger partial charge in [-0.25, -0.2) is 4.39 Å². The van der Waals surface area contributed by atoms with Crippen molar-refractivity contribution < 1.29 is 14.2 Å². The third-order valence-electron chi connectivity index (χ3n) is 1.87. The first kappa shape index (κ1) is 10.7. The second-order valence-corrected chi connectivity index (χ2v) is 2.86. The van der Waals surface area contributed by atoms with E-state index in [1.807, 2.05) is 24.3 Å². The summed E-state index contributed by atoms with van der Waals surface area (Å²) >= 11 is 0. The lowest BCUT2D eigenvalue weighted by Gasteiger charge is -2.00. The summed E-state index contributed by atoms with van der Waals surface area (Å²) in [6, 6.07) is 7.36. The van der Waals surface area contributed by atoms with Crippen molar-refractivity contribution in [2.24, 2.45) is 0 Å². The smallest absolute Gasteiger partial charge is 0.122 e. The van der Waals surface area contributed by atoms with Gasteiger partial charge in [0.15, 0.2) is 0 Å². The van der Waals surface area contributed by atoms with Crippen LogP contribution in [0, 0.1) is 0 Å². The summed E-state index contributed by atoms with van der Waals surface area (Å²) in [7, 11) is 1.60. The maximum Gasteiger partial charge on any atom is 0.122 e. The molecule has 14 heavy (non-hydrogen) atoms. The maximum atomic E-state index is 12.5. The van der Waals surface area contributed by atoms with Gasteiger partial charge in [-0.15, -0.1) is 0 Å². The summed E-state index contributed by atoms with van der Waals surface area (Å²) in [5.74, 6) is 0.279. The number of methoxy groups -OCH3 is 1. The Morgan fingerprint density at radius 1 is 1.43 bits per heavy atom. The third kappa shape index (κ3) is 3.18. The molecule has 0 aliphatic rings. The second kappa shape index (κ2) is 5.40. The molecular weight excluding hydrogens is 183 g/mol. The molecule has 0 bridgehead atoms. The number of aliphatic hydroxyl groups excluding tert-OH is 1. The molecule has 0 fully saturated rings. The van der Waals surface area contributed by atoms with Crippen LogP contribution in [0.3, 0.4) is 0 Å². The fourth-order valence-electron chi connectivity index (χ4n) is 1.05. The molecule has 0 spiro atoms. The Balaban J connectivity index is 2.60. The molecule has 0 atom stereocenters. The van der Waals surface area contributed by atoms with Crippen LogP contribution in [0.4, 0.5) is 4.39 Å². The third-order valence-corrected chi connectivity index (χ3v) is 1.87. The zero-order chi connectivity index (χ0) is 10.4. The summed E-state index contributed by atoms with van der Waals surface area (Å²) in [5.41, 5.74) is 0.981. The molecule has 0 heterocycles. The first-order valence-corrected chi connectivity index (χ1v) is 4.34. The van der Waals surface area contributed by atoms with Crippen LogP contribution in [-0.4, -0.2) is 18.8 Å². The second-order valence-electron chi connectivity index (χ2n) is 2.86. The molecule has 0 aliphatic carbocycles. The lowest BCUT2D eigenvalue weighted by atomic mass is 10.1. The van der Waals surface area contributed by atoms with E-state index in [1.165, 1.54) is 6.08 Å². The average Bonchev–Trinajstić information content (AvgIpc) is 2.26. The van der Waals surface area contributed by atoms with E-state index < -0.39 is 12.4 Å². The van der Waals surface area contributed by atoms with Crippen LogP contribution in [0.25, 0.3) is 0 Å². The summed E-state index contributed by atoms with van der Waals surface area (Å²) in [4.78, 5) is 0. The number of hydrogen-bond donors (Lipinski definition) is 1. The van der Waals surface area contributed by atoms with Gasteiger partial charge in [-0.3, -0.25) is 0 Å². The lowest BCUT2D eigenvalue weighted by molar-refractivity contribution is 0.297. The van der Waals surface area contributed by atoms with Crippen LogP contribution < -0.4 is 4.74 Å². The van der Waals surface area contributed by atoms with E-state index >= 15 is 0 Å². The highest BCUT2D eigenvalue weighted by Crippen LogP contribution is 2.12. The maximum absolute atomic E-state index is 12.5. The molecule has 0 radical (unpaired) electrons. The van der Waals surface area contributed by atoms with Gasteiger partial charge in [0.2, 0.25) is 0 Å². The molecule has 1 aromatic carbocycles. The average molecular weight is 196 g/mol. The fraction of sp³-hybridized carbons (Fsp3) is 0.273. The molecule has 0 unspecified atom stereocenters. The van der Waals surface area contributed by atoms with Gasteiger partial charge < -0.3 is 9.84 Å². The van der Waals surface area contributed by atoms with Crippen molar-refractivity contribution in [1.29, 1.82) is 0 Å². The number of halogens is 1. The summed E-state index contributed by atoms with van der Waals surface area (Å²) in [6.07, 6.45) is 1.85. The lowest BCUT2D eigenvalue weighted by Crippen LogP contribution is -1.87. The quantitative estimate of drug-likeness (QED) is 0.798. The van der Waals surface area contributed by atoms with E-state index in [4.69, 9.17) is 9.84 Å². The molecule has 0 aromatic heterocycles. The van der Waals surface area contributed by atoms with Gasteiger partial charge in [0.1, 0.15) is 11.6 Å². The van der Waals surface area contributed by atoms with Crippen molar-refractivity contribution in [2.75, 3.05) is 13.7 Å². The zero-order valence-corrected chi connectivity index (χ0v) is 8.03. The first-order chi connectivity index (χ1) is 6.76. The Morgan fingerprint density at radius 3 is 2.57 bits per heavy atom. The van der Waals surface area contributed by atoms with Crippen LogP contribution >= 0.6 is 0 Å². The van der Waals surface area contributed by atoms with E-state index in [1.54, 1.807) is 7.11 Å². The Hall–Kier alpha value is -1.35. The molecule has 2 nitrogen and oxygen atoms in total. The normalized spacial score (nSPS) is 11.5. The van der Waals surface area contributed by atoms with Gasteiger partial charge in [0.25, 0.3) is 0 Å². The van der Waals surface area contributed by atoms with Crippen molar-refractivity contribution in [3.8, 4) is 5.75 Å². The van der Waals surface area contributed by atoms with E-state index in [0.29, 0.717) is 6.42 Å². The Bertz CT molecular complexity index is 304. The minimum atomic E-state index is -0.532. The predicted octanol–water partition coefficient (Wildman–Crippen LogP) is 2.08. The SMILES string of the molecule is COc1ccc(CC=C(F)CO)cc1. The Morgan fingerprint density at radius 2 is 2.07 bits per heavy atom. The molecule has 1 N–H and O–H groups in total.